The van der Waals surface area contributed by atoms with Gasteiger partial charge in [-0.3, -0.25) is 4.79 Å². The zero-order chi connectivity index (χ0) is 22.9. The van der Waals surface area contributed by atoms with E-state index in [9.17, 15) is 14.7 Å². The number of benzene rings is 2. The van der Waals surface area contributed by atoms with Crippen molar-refractivity contribution in [3.8, 4) is 0 Å². The predicted molar refractivity (Wildman–Crippen MR) is 120 cm³/mol. The number of amides is 1. The van der Waals surface area contributed by atoms with Crippen molar-refractivity contribution in [3.63, 3.8) is 0 Å². The minimum absolute atomic E-state index is 0.152. The van der Waals surface area contributed by atoms with Crippen LogP contribution in [0.25, 0.3) is 5.57 Å². The second-order valence-electron chi connectivity index (χ2n) is 7.93. The number of allylic oxidation sites excluding steroid dienone is 2. The van der Waals surface area contributed by atoms with Crippen LogP contribution in [0.15, 0.2) is 72.3 Å². The van der Waals surface area contributed by atoms with E-state index in [1.807, 2.05) is 6.07 Å². The third-order valence-corrected chi connectivity index (χ3v) is 6.47. The molecule has 0 spiro atoms. The van der Waals surface area contributed by atoms with Crippen LogP contribution in [0.3, 0.4) is 0 Å². The summed E-state index contributed by atoms with van der Waals surface area (Å²) in [7, 11) is 1.26. The Kier molecular flexibility index (Phi) is 6.17. The second kappa shape index (κ2) is 8.88. The summed E-state index contributed by atoms with van der Waals surface area (Å²) in [5.41, 5.74) is 1.80. The van der Waals surface area contributed by atoms with Crippen molar-refractivity contribution in [3.05, 3.63) is 88.5 Å². The predicted octanol–water partition coefficient (Wildman–Crippen LogP) is 5.18. The summed E-state index contributed by atoms with van der Waals surface area (Å²) in [6.45, 7) is 0. The number of ether oxygens (including phenoxy) is 1. The second-order valence-corrected chi connectivity index (χ2v) is 8.34. The maximum Gasteiger partial charge on any atom is 0.326 e. The van der Waals surface area contributed by atoms with E-state index < -0.39 is 29.8 Å². The van der Waals surface area contributed by atoms with Gasteiger partial charge in [-0.25, -0.2) is 9.18 Å². The lowest BCUT2D eigenvalue weighted by molar-refractivity contribution is -0.148. The third kappa shape index (κ3) is 3.96. The maximum absolute atomic E-state index is 15.8. The summed E-state index contributed by atoms with van der Waals surface area (Å²) >= 11 is 6.35. The zero-order valence-electron chi connectivity index (χ0n) is 17.5. The first-order chi connectivity index (χ1) is 15.4. The van der Waals surface area contributed by atoms with Crippen LogP contribution in [0.2, 0.25) is 5.02 Å². The quantitative estimate of drug-likeness (QED) is 0.674. The number of methoxy groups -OCH3 is 1. The summed E-state index contributed by atoms with van der Waals surface area (Å²) in [5, 5.41) is 10.2. The lowest BCUT2D eigenvalue weighted by Crippen LogP contribution is -2.44. The van der Waals surface area contributed by atoms with Gasteiger partial charge in [-0.05, 0) is 30.0 Å². The molecule has 1 heterocycles. The fraction of sp³-hybridized carbons (Fsp3) is 0.280. The van der Waals surface area contributed by atoms with Crippen molar-refractivity contribution in [1.29, 1.82) is 0 Å². The minimum Gasteiger partial charge on any atom is -0.480 e. The highest BCUT2D eigenvalue weighted by atomic mass is 35.5. The Balaban J connectivity index is 1.72. The molecule has 1 amide bonds. The molecule has 0 aromatic heterocycles. The van der Waals surface area contributed by atoms with E-state index >= 15 is 4.39 Å². The number of carbonyl (C=O) groups excluding carboxylic acids is 1. The molecule has 1 saturated heterocycles. The van der Waals surface area contributed by atoms with Crippen LogP contribution in [0.1, 0.15) is 36.4 Å². The molecule has 1 aliphatic carbocycles. The highest BCUT2D eigenvalue weighted by molar-refractivity contribution is 6.31. The molecular formula is C25H23ClFNO4. The Morgan fingerprint density at radius 1 is 1.09 bits per heavy atom. The summed E-state index contributed by atoms with van der Waals surface area (Å²) in [6.07, 6.45) is 3.52. The number of carbonyl (C=O) groups is 2. The van der Waals surface area contributed by atoms with Gasteiger partial charge >= 0.3 is 5.97 Å². The monoisotopic (exact) mass is 455 g/mol. The molecule has 1 aliphatic heterocycles. The van der Waals surface area contributed by atoms with Crippen LogP contribution in [-0.2, 0) is 14.3 Å². The van der Waals surface area contributed by atoms with Gasteiger partial charge in [-0.15, -0.1) is 0 Å². The SMILES string of the molecule is COC1(F)CC(C(=O)N2[C@@H](c3ccccc3Cl)CC[C@H]2C(=O)O)=CC=C1c1ccccc1. The van der Waals surface area contributed by atoms with Crippen LogP contribution in [-0.4, -0.2) is 40.9 Å². The molecule has 0 radical (unpaired) electrons. The van der Waals surface area contributed by atoms with E-state index in [0.29, 0.717) is 34.6 Å². The van der Waals surface area contributed by atoms with Crippen LogP contribution < -0.4 is 0 Å². The molecule has 1 fully saturated rings. The molecule has 1 N–H and O–H groups in total. The average molecular weight is 456 g/mol. The van der Waals surface area contributed by atoms with E-state index in [1.165, 1.54) is 18.1 Å². The first kappa shape index (κ1) is 22.2. The molecule has 0 bridgehead atoms. The van der Waals surface area contributed by atoms with E-state index in [2.05, 4.69) is 0 Å². The van der Waals surface area contributed by atoms with Crippen molar-refractivity contribution < 1.29 is 23.8 Å². The van der Waals surface area contributed by atoms with Gasteiger partial charge in [-0.1, -0.05) is 72.3 Å². The van der Waals surface area contributed by atoms with Gasteiger partial charge in [0.1, 0.15) is 6.04 Å². The summed E-state index contributed by atoms with van der Waals surface area (Å²) in [4.78, 5) is 26.8. The van der Waals surface area contributed by atoms with Crippen LogP contribution in [0, 0.1) is 0 Å². The number of alkyl halides is 1. The first-order valence-electron chi connectivity index (χ1n) is 10.4. The number of aliphatic carboxylic acids is 1. The van der Waals surface area contributed by atoms with Crippen LogP contribution in [0.4, 0.5) is 4.39 Å². The van der Waals surface area contributed by atoms with Gasteiger partial charge in [0, 0.05) is 29.7 Å². The molecule has 2 aliphatic rings. The molecule has 1 unspecified atom stereocenters. The number of likely N-dealkylation sites (tertiary alicyclic amines) is 1. The molecular weight excluding hydrogens is 433 g/mol. The Hall–Kier alpha value is -2.96. The van der Waals surface area contributed by atoms with Crippen LogP contribution >= 0.6 is 11.6 Å². The standard InChI is InChI=1S/C25H23ClFNO4/c1-32-25(27)15-17(11-12-19(25)16-7-3-2-4-8-16)23(29)28-21(13-14-22(28)24(30)31)18-9-5-6-10-20(18)26/h2-12,21-22H,13-15H2,1H3,(H,30,31)/t21-,22+,25?/m1/s1. The highest BCUT2D eigenvalue weighted by Crippen LogP contribution is 2.44. The Bertz CT molecular complexity index is 1100. The number of nitrogens with zero attached hydrogens (tertiary/aromatic N) is 1. The molecule has 32 heavy (non-hydrogen) atoms. The molecule has 2 aromatic carbocycles. The topological polar surface area (TPSA) is 66.8 Å². The summed E-state index contributed by atoms with van der Waals surface area (Å²) in [6, 6.07) is 14.5. The lowest BCUT2D eigenvalue weighted by Gasteiger charge is -2.34. The van der Waals surface area contributed by atoms with Gasteiger partial charge in [0.05, 0.1) is 6.04 Å². The minimum atomic E-state index is -2.21. The number of hydrogen-bond donors (Lipinski definition) is 1. The van der Waals surface area contributed by atoms with Gasteiger partial charge in [0.25, 0.3) is 5.91 Å². The summed E-state index contributed by atoms with van der Waals surface area (Å²) in [5.74, 6) is -3.83. The van der Waals surface area contributed by atoms with Crippen LogP contribution in [0.5, 0.6) is 0 Å². The van der Waals surface area contributed by atoms with Gasteiger partial charge < -0.3 is 14.7 Å². The van der Waals surface area contributed by atoms with Crippen molar-refractivity contribution in [2.24, 2.45) is 0 Å². The normalized spacial score (nSPS) is 25.3. The Morgan fingerprint density at radius 3 is 2.44 bits per heavy atom. The fourth-order valence-corrected chi connectivity index (χ4v) is 4.78. The van der Waals surface area contributed by atoms with Crippen molar-refractivity contribution in [2.45, 2.75) is 37.2 Å². The summed E-state index contributed by atoms with van der Waals surface area (Å²) < 4.78 is 21.1. The highest BCUT2D eigenvalue weighted by Gasteiger charge is 2.46. The van der Waals surface area contributed by atoms with Crippen molar-refractivity contribution >= 4 is 29.1 Å². The van der Waals surface area contributed by atoms with Gasteiger partial charge in [-0.2, -0.15) is 0 Å². The van der Waals surface area contributed by atoms with Gasteiger partial charge in [0.2, 0.25) is 5.85 Å². The van der Waals surface area contributed by atoms with Crippen molar-refractivity contribution in [2.75, 3.05) is 7.11 Å². The van der Waals surface area contributed by atoms with E-state index in [1.54, 1.807) is 54.6 Å². The zero-order valence-corrected chi connectivity index (χ0v) is 18.3. The average Bonchev–Trinajstić information content (AvgIpc) is 3.24. The van der Waals surface area contributed by atoms with E-state index in [4.69, 9.17) is 16.3 Å². The Morgan fingerprint density at radius 2 is 1.78 bits per heavy atom. The largest absolute Gasteiger partial charge is 0.480 e. The van der Waals surface area contributed by atoms with Crippen molar-refractivity contribution in [1.82, 2.24) is 4.90 Å². The molecule has 4 rings (SSSR count). The Labute approximate surface area is 190 Å². The number of rotatable bonds is 5. The maximum atomic E-state index is 15.8. The number of carboxylic acids is 1. The molecule has 2 aromatic rings. The molecule has 5 nitrogen and oxygen atoms in total. The smallest absolute Gasteiger partial charge is 0.326 e. The number of carboxylic acid groups (broad SMARTS) is 1. The molecule has 7 heteroatoms. The molecule has 166 valence electrons. The number of halogens is 2. The third-order valence-electron chi connectivity index (χ3n) is 6.12. The molecule has 3 atom stereocenters. The van der Waals surface area contributed by atoms with E-state index in [-0.39, 0.29) is 12.0 Å². The molecule has 0 saturated carbocycles. The number of hydrogen-bond acceptors (Lipinski definition) is 3. The van der Waals surface area contributed by atoms with Gasteiger partial charge in [0.15, 0.2) is 0 Å². The fourth-order valence-electron chi connectivity index (χ4n) is 4.52. The van der Waals surface area contributed by atoms with E-state index in [0.717, 1.165) is 0 Å². The first-order valence-corrected chi connectivity index (χ1v) is 10.7. The lowest BCUT2D eigenvalue weighted by atomic mass is 9.87.